The van der Waals surface area contributed by atoms with Crippen molar-refractivity contribution in [2.45, 2.75) is 115 Å². The molecular weight excluding hydrogens is 792 g/mol. The van der Waals surface area contributed by atoms with E-state index in [-0.39, 0.29) is 79.5 Å². The summed E-state index contributed by atoms with van der Waals surface area (Å²) in [6, 6.07) is -0.0695. The summed E-state index contributed by atoms with van der Waals surface area (Å²) in [5, 5.41) is 22.0. The highest BCUT2D eigenvalue weighted by Crippen LogP contribution is 2.41. The third kappa shape index (κ3) is 8.59. The molecule has 4 heterocycles. The Morgan fingerprint density at radius 2 is 1.30 bits per heavy atom. The zero-order chi connectivity index (χ0) is 43.7. The SMILES string of the molecule is CC[C@H](NC(=O)[C@H](C)NC)C(=O)N1C[C@@H](O)C[C@H]1Cc1c(-c2[nH]c3c(F)c(F)cc(F)c3c2C[C@@H]2C[C@H](F)CN2C(=O)[C@H](CC)NC(=O)[C@H](C)NC)[nH]c2c(F)cccc12. The number of aliphatic hydroxyl groups is 1. The van der Waals surface area contributed by atoms with Gasteiger partial charge in [-0.05, 0) is 77.2 Å². The summed E-state index contributed by atoms with van der Waals surface area (Å²) in [5.74, 6) is -6.53. The third-order valence-electron chi connectivity index (χ3n) is 12.1. The van der Waals surface area contributed by atoms with Crippen LogP contribution in [0.1, 0.15) is 64.5 Å². The number of fused-ring (bicyclic) bond motifs is 2. The molecule has 2 aliphatic heterocycles. The summed E-state index contributed by atoms with van der Waals surface area (Å²) in [4.78, 5) is 62.2. The van der Waals surface area contributed by atoms with Gasteiger partial charge in [-0.25, -0.2) is 22.0 Å². The van der Waals surface area contributed by atoms with Crippen LogP contribution in [0.5, 0.6) is 0 Å². The van der Waals surface area contributed by atoms with Crippen LogP contribution in [0.3, 0.4) is 0 Å². The first-order chi connectivity index (χ1) is 28.5. The summed E-state index contributed by atoms with van der Waals surface area (Å²) < 4.78 is 77.5. The zero-order valence-corrected chi connectivity index (χ0v) is 34.4. The largest absolute Gasteiger partial charge is 0.391 e. The summed E-state index contributed by atoms with van der Waals surface area (Å²) in [7, 11) is 3.19. The number of likely N-dealkylation sites (N-methyl/N-ethyl adjacent to an activating group) is 2. The minimum absolute atomic E-state index is 0.00344. The van der Waals surface area contributed by atoms with Crippen molar-refractivity contribution in [1.82, 2.24) is 41.0 Å². The minimum Gasteiger partial charge on any atom is -0.391 e. The first kappa shape index (κ1) is 44.5. The molecule has 2 aromatic carbocycles. The Morgan fingerprint density at radius 1 is 0.767 bits per heavy atom. The molecule has 2 aromatic heterocycles. The highest BCUT2D eigenvalue weighted by Gasteiger charge is 2.42. The average molecular weight is 845 g/mol. The van der Waals surface area contributed by atoms with E-state index in [4.69, 9.17) is 0 Å². The van der Waals surface area contributed by atoms with Gasteiger partial charge in [0.05, 0.1) is 47.2 Å². The summed E-state index contributed by atoms with van der Waals surface area (Å²) in [6.07, 6.45) is -2.35. The number of β-amino-alcohol motifs (C(OH)–C–C–N with tert-alkyl or cyclic N) is 1. The highest BCUT2D eigenvalue weighted by atomic mass is 19.2. The smallest absolute Gasteiger partial charge is 0.245 e. The minimum atomic E-state index is -1.50. The van der Waals surface area contributed by atoms with Gasteiger partial charge in [0.15, 0.2) is 11.6 Å². The maximum absolute atomic E-state index is 16.0. The first-order valence-corrected chi connectivity index (χ1v) is 20.4. The van der Waals surface area contributed by atoms with Crippen LogP contribution in [0, 0.1) is 23.3 Å². The third-order valence-corrected chi connectivity index (χ3v) is 12.1. The van der Waals surface area contributed by atoms with Crippen molar-refractivity contribution in [2.24, 2.45) is 0 Å². The van der Waals surface area contributed by atoms with E-state index in [1.54, 1.807) is 47.9 Å². The number of aliphatic hydroxyl groups excluding tert-OH is 1. The zero-order valence-electron chi connectivity index (χ0n) is 34.4. The lowest BCUT2D eigenvalue weighted by Gasteiger charge is -2.30. The van der Waals surface area contributed by atoms with E-state index in [9.17, 15) is 28.7 Å². The molecule has 0 saturated carbocycles. The van der Waals surface area contributed by atoms with Crippen LogP contribution in [0.2, 0.25) is 0 Å². The number of halogens is 5. The van der Waals surface area contributed by atoms with Gasteiger partial charge in [-0.3, -0.25) is 19.2 Å². The number of nitrogens with one attached hydrogen (secondary N) is 6. The Morgan fingerprint density at radius 3 is 1.88 bits per heavy atom. The number of aromatic nitrogens is 2. The van der Waals surface area contributed by atoms with Crippen molar-refractivity contribution < 1.29 is 46.2 Å². The molecule has 7 N–H and O–H groups in total. The number of likely N-dealkylation sites (tertiary alicyclic amines) is 2. The van der Waals surface area contributed by atoms with E-state index in [1.165, 1.54) is 21.9 Å². The number of H-pyrrole nitrogens is 2. The topological polar surface area (TPSA) is 175 Å². The number of hydrogen-bond donors (Lipinski definition) is 7. The Labute approximate surface area is 344 Å². The molecule has 2 saturated heterocycles. The molecule has 326 valence electrons. The maximum atomic E-state index is 16.0. The number of rotatable bonds is 15. The number of carbonyl (C=O) groups excluding carboxylic acids is 4. The lowest BCUT2D eigenvalue weighted by atomic mass is 9.94. The molecule has 0 spiro atoms. The second-order valence-corrected chi connectivity index (χ2v) is 15.9. The normalized spacial score (nSPS) is 21.4. The van der Waals surface area contributed by atoms with Crippen LogP contribution >= 0.6 is 0 Å². The predicted octanol–water partition coefficient (Wildman–Crippen LogP) is 3.86. The second-order valence-electron chi connectivity index (χ2n) is 15.9. The van der Waals surface area contributed by atoms with Gasteiger partial charge >= 0.3 is 0 Å². The number of benzene rings is 2. The van der Waals surface area contributed by atoms with Gasteiger partial charge in [0, 0.05) is 41.9 Å². The molecule has 2 aliphatic rings. The monoisotopic (exact) mass is 844 g/mol. The lowest BCUT2D eigenvalue weighted by molar-refractivity contribution is -0.138. The number of aromatic amines is 2. The quantitative estimate of drug-likeness (QED) is 0.0703. The molecule has 0 radical (unpaired) electrons. The molecule has 18 heteroatoms. The number of amides is 4. The van der Waals surface area contributed by atoms with Gasteiger partial charge < -0.3 is 46.1 Å². The Balaban J connectivity index is 1.45. The van der Waals surface area contributed by atoms with Crippen LogP contribution in [-0.2, 0) is 32.0 Å². The molecular formula is C42H53F5N8O5. The fourth-order valence-corrected chi connectivity index (χ4v) is 8.50. The number of alkyl halides is 1. The van der Waals surface area contributed by atoms with Crippen LogP contribution in [-0.4, -0.2) is 124 Å². The fraction of sp³-hybridized carbons (Fsp3) is 0.524. The molecule has 60 heavy (non-hydrogen) atoms. The summed E-state index contributed by atoms with van der Waals surface area (Å²) in [5.41, 5.74) is 0.0957. The maximum Gasteiger partial charge on any atom is 0.245 e. The molecule has 4 aromatic rings. The van der Waals surface area contributed by atoms with Crippen molar-refractivity contribution in [2.75, 3.05) is 27.2 Å². The molecule has 6 rings (SSSR count). The molecule has 4 amide bonds. The Hall–Kier alpha value is -5.07. The summed E-state index contributed by atoms with van der Waals surface area (Å²) >= 11 is 0. The van der Waals surface area contributed by atoms with E-state index >= 15 is 17.6 Å². The van der Waals surface area contributed by atoms with Crippen molar-refractivity contribution in [3.8, 4) is 11.4 Å². The van der Waals surface area contributed by atoms with E-state index in [1.807, 2.05) is 0 Å². The molecule has 0 aliphatic carbocycles. The van der Waals surface area contributed by atoms with Crippen molar-refractivity contribution >= 4 is 45.4 Å². The fourth-order valence-electron chi connectivity index (χ4n) is 8.50. The molecule has 8 atom stereocenters. The standard InChI is InChI=1S/C42H53F5N8O5/c1-7-31(50-39(57)19(3)48-5)41(59)54-17-21(43)12-22(54)15-27-33-29(45)16-30(46)34(47)38(33)53-37(27)36-26(25-10-9-11-28(44)35(25)52-36)14-23-13-24(56)18-55(23)42(60)32(8-2)51-40(58)20(4)49-6/h9-11,16,19-24,31-32,48-49,52-53,56H,7-8,12-15,17-18H2,1-6H3,(H,50,57)(H,51,58)/t19-,20-,21-,22-,23-,24-,31-,32-/m0/s1. The molecule has 0 unspecified atom stereocenters. The van der Waals surface area contributed by atoms with E-state index in [2.05, 4.69) is 31.2 Å². The van der Waals surface area contributed by atoms with Crippen molar-refractivity contribution in [1.29, 1.82) is 0 Å². The predicted molar refractivity (Wildman–Crippen MR) is 215 cm³/mol. The Kier molecular flexibility index (Phi) is 13.5. The van der Waals surface area contributed by atoms with Gasteiger partial charge in [-0.1, -0.05) is 26.0 Å². The molecule has 13 nitrogen and oxygen atoms in total. The van der Waals surface area contributed by atoms with Crippen LogP contribution in [0.15, 0.2) is 24.3 Å². The number of nitrogens with zero attached hydrogens (tertiary/aromatic N) is 2. The van der Waals surface area contributed by atoms with Crippen LogP contribution in [0.25, 0.3) is 33.2 Å². The van der Waals surface area contributed by atoms with Gasteiger partial charge in [0.25, 0.3) is 0 Å². The lowest BCUT2D eigenvalue weighted by Crippen LogP contribution is -2.53. The van der Waals surface area contributed by atoms with Crippen LogP contribution < -0.4 is 21.3 Å². The van der Waals surface area contributed by atoms with E-state index in [0.717, 1.165) is 0 Å². The molecule has 2 fully saturated rings. The number of hydrogen-bond acceptors (Lipinski definition) is 7. The van der Waals surface area contributed by atoms with E-state index < -0.39 is 101 Å². The van der Waals surface area contributed by atoms with Crippen LogP contribution in [0.4, 0.5) is 22.0 Å². The Bertz CT molecular complexity index is 2270. The van der Waals surface area contributed by atoms with Gasteiger partial charge in [-0.2, -0.15) is 0 Å². The second kappa shape index (κ2) is 18.3. The van der Waals surface area contributed by atoms with Gasteiger partial charge in [-0.15, -0.1) is 0 Å². The van der Waals surface area contributed by atoms with Gasteiger partial charge in [0.1, 0.15) is 29.9 Å². The van der Waals surface area contributed by atoms with Gasteiger partial charge in [0.2, 0.25) is 23.6 Å². The highest BCUT2D eigenvalue weighted by molar-refractivity contribution is 5.97. The van der Waals surface area contributed by atoms with Crippen molar-refractivity contribution in [3.05, 3.63) is 58.7 Å². The number of para-hydroxylation sites is 1. The average Bonchev–Trinajstić information content (AvgIpc) is 4.00. The number of carbonyl (C=O) groups is 4. The summed E-state index contributed by atoms with van der Waals surface area (Å²) in [6.45, 7) is 6.29. The molecule has 0 bridgehead atoms. The van der Waals surface area contributed by atoms with E-state index in [0.29, 0.717) is 17.0 Å². The van der Waals surface area contributed by atoms with Crippen molar-refractivity contribution in [3.63, 3.8) is 0 Å². The first-order valence-electron chi connectivity index (χ1n) is 20.4.